The molecule has 3 heterocycles. The van der Waals surface area contributed by atoms with E-state index in [2.05, 4.69) is 34.3 Å². The molecule has 142 valence electrons. The maximum atomic E-state index is 12.3. The summed E-state index contributed by atoms with van der Waals surface area (Å²) in [5.41, 5.74) is 5.16. The van der Waals surface area contributed by atoms with E-state index in [1.807, 2.05) is 54.4 Å². The van der Waals surface area contributed by atoms with Crippen LogP contribution in [0.15, 0.2) is 60.9 Å². The number of anilines is 2. The number of fused-ring (bicyclic) bond motifs is 1. The lowest BCUT2D eigenvalue weighted by atomic mass is 9.89. The standard InChI is InChI=1S/C23H24N4O/c1-15-7-9-20(25-14-15)18-8-10-22-19(13-18)21(12-16(2)27(22)17(3)28)26-23-6-4-5-11-24-23/h4-11,13-14,16,21H,12H2,1-3H3,(H,24,26)/t16-,21+/m0/s1. The van der Waals surface area contributed by atoms with Crippen LogP contribution < -0.4 is 10.2 Å². The van der Waals surface area contributed by atoms with Gasteiger partial charge < -0.3 is 10.2 Å². The summed E-state index contributed by atoms with van der Waals surface area (Å²) in [6.45, 7) is 5.75. The molecule has 1 amide bonds. The van der Waals surface area contributed by atoms with E-state index in [1.165, 1.54) is 0 Å². The van der Waals surface area contributed by atoms with Crippen LogP contribution in [0.5, 0.6) is 0 Å². The summed E-state index contributed by atoms with van der Waals surface area (Å²) in [4.78, 5) is 23.2. The maximum Gasteiger partial charge on any atom is 0.224 e. The molecule has 0 bridgehead atoms. The van der Waals surface area contributed by atoms with Gasteiger partial charge >= 0.3 is 0 Å². The predicted molar refractivity (Wildman–Crippen MR) is 112 cm³/mol. The van der Waals surface area contributed by atoms with Crippen molar-refractivity contribution >= 4 is 17.4 Å². The van der Waals surface area contributed by atoms with E-state index in [1.54, 1.807) is 13.1 Å². The van der Waals surface area contributed by atoms with Gasteiger partial charge in [-0.15, -0.1) is 0 Å². The molecule has 0 saturated carbocycles. The molecule has 5 nitrogen and oxygen atoms in total. The molecule has 0 fully saturated rings. The molecule has 2 atom stereocenters. The summed E-state index contributed by atoms with van der Waals surface area (Å²) in [6.07, 6.45) is 4.47. The van der Waals surface area contributed by atoms with Crippen molar-refractivity contribution < 1.29 is 4.79 Å². The monoisotopic (exact) mass is 372 g/mol. The molecule has 1 N–H and O–H groups in total. The number of hydrogen-bond donors (Lipinski definition) is 1. The highest BCUT2D eigenvalue weighted by atomic mass is 16.2. The maximum absolute atomic E-state index is 12.3. The number of pyridine rings is 2. The van der Waals surface area contributed by atoms with E-state index in [-0.39, 0.29) is 18.0 Å². The molecule has 28 heavy (non-hydrogen) atoms. The lowest BCUT2D eigenvalue weighted by Crippen LogP contribution is -2.43. The first-order chi connectivity index (χ1) is 13.5. The molecular weight excluding hydrogens is 348 g/mol. The van der Waals surface area contributed by atoms with Gasteiger partial charge in [0.05, 0.1) is 11.7 Å². The van der Waals surface area contributed by atoms with Gasteiger partial charge in [-0.05, 0) is 61.7 Å². The van der Waals surface area contributed by atoms with Crippen molar-refractivity contribution in [2.24, 2.45) is 0 Å². The molecule has 1 aliphatic heterocycles. The fourth-order valence-corrected chi connectivity index (χ4v) is 3.91. The molecule has 1 aliphatic rings. The first-order valence-corrected chi connectivity index (χ1v) is 9.57. The lowest BCUT2D eigenvalue weighted by Gasteiger charge is -2.39. The molecule has 0 unspecified atom stereocenters. The van der Waals surface area contributed by atoms with E-state index < -0.39 is 0 Å². The van der Waals surface area contributed by atoms with Crippen molar-refractivity contribution in [3.8, 4) is 11.3 Å². The van der Waals surface area contributed by atoms with Gasteiger partial charge in [-0.1, -0.05) is 18.2 Å². The van der Waals surface area contributed by atoms with Gasteiger partial charge in [-0.3, -0.25) is 9.78 Å². The van der Waals surface area contributed by atoms with E-state index in [4.69, 9.17) is 0 Å². The molecule has 5 heteroatoms. The zero-order valence-electron chi connectivity index (χ0n) is 16.4. The number of carbonyl (C=O) groups excluding carboxylic acids is 1. The van der Waals surface area contributed by atoms with Crippen molar-refractivity contribution in [2.75, 3.05) is 10.2 Å². The summed E-state index contributed by atoms with van der Waals surface area (Å²) >= 11 is 0. The Balaban J connectivity index is 1.78. The minimum atomic E-state index is 0.0613. The quantitative estimate of drug-likeness (QED) is 0.721. The van der Waals surface area contributed by atoms with Crippen LogP contribution in [-0.4, -0.2) is 21.9 Å². The Labute approximate surface area is 165 Å². The van der Waals surface area contributed by atoms with E-state index in [0.717, 1.165) is 40.3 Å². The molecular formula is C23H24N4O. The smallest absolute Gasteiger partial charge is 0.224 e. The normalized spacial score (nSPS) is 18.5. The third kappa shape index (κ3) is 3.48. The van der Waals surface area contributed by atoms with Gasteiger partial charge in [-0.2, -0.15) is 0 Å². The summed E-state index contributed by atoms with van der Waals surface area (Å²) in [6, 6.07) is 16.3. The SMILES string of the molecule is CC(=O)N1c2ccc(-c3ccc(C)cn3)cc2[C@H](Nc2ccccn2)C[C@@H]1C. The van der Waals surface area contributed by atoms with Gasteiger partial charge in [0, 0.05) is 36.6 Å². The molecule has 1 aromatic carbocycles. The lowest BCUT2D eigenvalue weighted by molar-refractivity contribution is -0.117. The minimum Gasteiger partial charge on any atom is -0.363 e. The second-order valence-corrected chi connectivity index (χ2v) is 7.38. The van der Waals surface area contributed by atoms with Crippen LogP contribution in [0.25, 0.3) is 11.3 Å². The fraction of sp³-hybridized carbons (Fsp3) is 0.261. The van der Waals surface area contributed by atoms with Crippen molar-refractivity contribution in [1.29, 1.82) is 0 Å². The average Bonchev–Trinajstić information content (AvgIpc) is 2.69. The van der Waals surface area contributed by atoms with Crippen LogP contribution in [-0.2, 0) is 4.79 Å². The molecule has 3 aromatic rings. The number of nitrogens with zero attached hydrogens (tertiary/aromatic N) is 3. The van der Waals surface area contributed by atoms with Crippen LogP contribution in [0.2, 0.25) is 0 Å². The molecule has 4 rings (SSSR count). The Morgan fingerprint density at radius 3 is 2.68 bits per heavy atom. The fourth-order valence-electron chi connectivity index (χ4n) is 3.91. The van der Waals surface area contributed by atoms with Crippen LogP contribution in [0.1, 0.15) is 37.4 Å². The highest BCUT2D eigenvalue weighted by Crippen LogP contribution is 2.40. The third-order valence-corrected chi connectivity index (χ3v) is 5.21. The van der Waals surface area contributed by atoms with Gasteiger partial charge in [-0.25, -0.2) is 4.98 Å². The van der Waals surface area contributed by atoms with Gasteiger partial charge in [0.15, 0.2) is 0 Å². The summed E-state index contributed by atoms with van der Waals surface area (Å²) in [7, 11) is 0. The topological polar surface area (TPSA) is 58.1 Å². The van der Waals surface area contributed by atoms with Gasteiger partial charge in [0.2, 0.25) is 5.91 Å². The first-order valence-electron chi connectivity index (χ1n) is 9.57. The van der Waals surface area contributed by atoms with Crippen molar-refractivity contribution in [2.45, 2.75) is 39.3 Å². The van der Waals surface area contributed by atoms with Crippen LogP contribution in [0.4, 0.5) is 11.5 Å². The Kier molecular flexibility index (Phi) is 4.82. The second-order valence-electron chi connectivity index (χ2n) is 7.38. The number of carbonyl (C=O) groups is 1. The van der Waals surface area contributed by atoms with Crippen LogP contribution >= 0.6 is 0 Å². The molecule has 0 aliphatic carbocycles. The summed E-state index contributed by atoms with van der Waals surface area (Å²) < 4.78 is 0. The highest BCUT2D eigenvalue weighted by Gasteiger charge is 2.32. The van der Waals surface area contributed by atoms with Crippen molar-refractivity contribution in [3.05, 3.63) is 72.1 Å². The Morgan fingerprint density at radius 1 is 1.14 bits per heavy atom. The van der Waals surface area contributed by atoms with Gasteiger partial charge in [0.1, 0.15) is 5.82 Å². The first kappa shape index (κ1) is 18.2. The molecule has 0 radical (unpaired) electrons. The molecule has 0 saturated heterocycles. The average molecular weight is 372 g/mol. The zero-order chi connectivity index (χ0) is 19.7. The number of aryl methyl sites for hydroxylation is 1. The van der Waals surface area contributed by atoms with Crippen LogP contribution in [0, 0.1) is 6.92 Å². The number of benzene rings is 1. The number of aromatic nitrogens is 2. The third-order valence-electron chi connectivity index (χ3n) is 5.21. The summed E-state index contributed by atoms with van der Waals surface area (Å²) in [5, 5.41) is 3.55. The number of amides is 1. The number of hydrogen-bond acceptors (Lipinski definition) is 4. The highest BCUT2D eigenvalue weighted by molar-refractivity contribution is 5.94. The van der Waals surface area contributed by atoms with Crippen LogP contribution in [0.3, 0.4) is 0 Å². The minimum absolute atomic E-state index is 0.0613. The number of rotatable bonds is 3. The number of nitrogens with one attached hydrogen (secondary N) is 1. The second kappa shape index (κ2) is 7.43. The Hall–Kier alpha value is -3.21. The molecule has 0 spiro atoms. The molecule has 2 aromatic heterocycles. The zero-order valence-corrected chi connectivity index (χ0v) is 16.4. The Bertz CT molecular complexity index is 985. The largest absolute Gasteiger partial charge is 0.363 e. The van der Waals surface area contributed by atoms with Crippen molar-refractivity contribution in [1.82, 2.24) is 9.97 Å². The van der Waals surface area contributed by atoms with Crippen molar-refractivity contribution in [3.63, 3.8) is 0 Å². The van der Waals surface area contributed by atoms with E-state index in [9.17, 15) is 4.79 Å². The predicted octanol–water partition coefficient (Wildman–Crippen LogP) is 4.75. The van der Waals surface area contributed by atoms with E-state index >= 15 is 0 Å². The van der Waals surface area contributed by atoms with Gasteiger partial charge in [0.25, 0.3) is 0 Å². The summed E-state index contributed by atoms with van der Waals surface area (Å²) in [5.74, 6) is 0.895. The Morgan fingerprint density at radius 2 is 2.00 bits per heavy atom. The van der Waals surface area contributed by atoms with E-state index in [0.29, 0.717) is 0 Å².